The predicted octanol–water partition coefficient (Wildman–Crippen LogP) is 1.85. The van der Waals surface area contributed by atoms with Crippen molar-refractivity contribution in [3.63, 3.8) is 0 Å². The second-order valence-electron chi connectivity index (χ2n) is 6.75. The van der Waals surface area contributed by atoms with E-state index in [1.54, 1.807) is 0 Å². The van der Waals surface area contributed by atoms with Crippen LogP contribution in [0.3, 0.4) is 0 Å². The third-order valence-electron chi connectivity index (χ3n) is 4.95. The van der Waals surface area contributed by atoms with Crippen molar-refractivity contribution < 1.29 is 4.79 Å². The number of likely N-dealkylation sites (N-methyl/N-ethyl adjacent to an activating group) is 1. The number of nitrogens with one attached hydrogen (secondary N) is 1. The van der Waals surface area contributed by atoms with Gasteiger partial charge in [0.05, 0.1) is 0 Å². The van der Waals surface area contributed by atoms with Crippen LogP contribution in [-0.4, -0.2) is 62.0 Å². The van der Waals surface area contributed by atoms with E-state index >= 15 is 0 Å². The number of piperazine rings is 1. The molecule has 1 aromatic carbocycles. The number of benzene rings is 1. The minimum absolute atomic E-state index is 0.201. The second kappa shape index (κ2) is 6.80. The first-order valence-electron chi connectivity index (χ1n) is 8.43. The molecule has 0 spiro atoms. The van der Waals surface area contributed by atoms with Crippen molar-refractivity contribution in [2.45, 2.75) is 25.7 Å². The van der Waals surface area contributed by atoms with E-state index in [-0.39, 0.29) is 5.91 Å². The molecule has 2 aliphatic rings. The highest BCUT2D eigenvalue weighted by Crippen LogP contribution is 2.27. The van der Waals surface area contributed by atoms with Gasteiger partial charge in [-0.1, -0.05) is 11.6 Å². The molecule has 0 saturated carbocycles. The predicted molar refractivity (Wildman–Crippen MR) is 89.4 cm³/mol. The molecule has 0 atom stereocenters. The summed E-state index contributed by atoms with van der Waals surface area (Å²) in [6.07, 6.45) is 2.34. The van der Waals surface area contributed by atoms with Crippen molar-refractivity contribution in [1.29, 1.82) is 0 Å². The molecule has 2 heterocycles. The first-order valence-corrected chi connectivity index (χ1v) is 8.43. The minimum Gasteiger partial charge on any atom is -0.336 e. The van der Waals surface area contributed by atoms with Crippen LogP contribution in [-0.2, 0) is 0 Å². The lowest BCUT2D eigenvalue weighted by molar-refractivity contribution is 0.0664. The topological polar surface area (TPSA) is 35.6 Å². The molecule has 2 aliphatic heterocycles. The Bertz CT molecular complexity index is 529. The summed E-state index contributed by atoms with van der Waals surface area (Å²) in [5, 5.41) is 3.41. The summed E-state index contributed by atoms with van der Waals surface area (Å²) in [4.78, 5) is 17.1. The zero-order valence-electron chi connectivity index (χ0n) is 13.8. The molecule has 0 unspecified atom stereocenters. The Labute approximate surface area is 133 Å². The van der Waals surface area contributed by atoms with E-state index in [2.05, 4.69) is 36.3 Å². The lowest BCUT2D eigenvalue weighted by atomic mass is 9.88. The van der Waals surface area contributed by atoms with Crippen LogP contribution >= 0.6 is 0 Å². The largest absolute Gasteiger partial charge is 0.336 e. The van der Waals surface area contributed by atoms with Crippen molar-refractivity contribution >= 4 is 5.91 Å². The minimum atomic E-state index is 0.201. The monoisotopic (exact) mass is 301 g/mol. The van der Waals surface area contributed by atoms with Gasteiger partial charge in [0, 0.05) is 31.7 Å². The Balaban J connectivity index is 1.78. The van der Waals surface area contributed by atoms with Gasteiger partial charge in [-0.3, -0.25) is 4.79 Å². The number of hydrogen-bond acceptors (Lipinski definition) is 3. The van der Waals surface area contributed by atoms with E-state index in [9.17, 15) is 4.79 Å². The number of aryl methyl sites for hydroxylation is 1. The Morgan fingerprint density at radius 3 is 2.45 bits per heavy atom. The third-order valence-corrected chi connectivity index (χ3v) is 4.95. The van der Waals surface area contributed by atoms with Gasteiger partial charge in [-0.25, -0.2) is 0 Å². The van der Waals surface area contributed by atoms with Crippen LogP contribution in [0.5, 0.6) is 0 Å². The fraction of sp³-hybridized carbons (Fsp3) is 0.611. The van der Waals surface area contributed by atoms with E-state index in [1.165, 1.54) is 24.0 Å². The average Bonchev–Trinajstić information content (AvgIpc) is 2.55. The fourth-order valence-electron chi connectivity index (χ4n) is 3.52. The molecule has 0 aromatic heterocycles. The smallest absolute Gasteiger partial charge is 0.253 e. The maximum Gasteiger partial charge on any atom is 0.253 e. The summed E-state index contributed by atoms with van der Waals surface area (Å²) in [5.74, 6) is 0.798. The molecule has 0 aliphatic carbocycles. The van der Waals surface area contributed by atoms with E-state index in [1.807, 2.05) is 11.0 Å². The molecule has 22 heavy (non-hydrogen) atoms. The number of nitrogens with zero attached hydrogens (tertiary/aromatic N) is 2. The van der Waals surface area contributed by atoms with Crippen LogP contribution in [0.4, 0.5) is 0 Å². The molecule has 120 valence electrons. The molecule has 0 bridgehead atoms. The van der Waals surface area contributed by atoms with Gasteiger partial charge in [-0.15, -0.1) is 0 Å². The number of rotatable bonds is 2. The number of carbonyl (C=O) groups is 1. The van der Waals surface area contributed by atoms with Crippen molar-refractivity contribution in [3.05, 3.63) is 34.9 Å². The average molecular weight is 301 g/mol. The summed E-state index contributed by atoms with van der Waals surface area (Å²) in [5.41, 5.74) is 3.42. The van der Waals surface area contributed by atoms with Crippen molar-refractivity contribution in [2.24, 2.45) is 0 Å². The Kier molecular flexibility index (Phi) is 4.79. The molecule has 4 heteroatoms. The Morgan fingerprint density at radius 2 is 1.77 bits per heavy atom. The summed E-state index contributed by atoms with van der Waals surface area (Å²) >= 11 is 0. The summed E-state index contributed by atoms with van der Waals surface area (Å²) < 4.78 is 0. The first kappa shape index (κ1) is 15.5. The Hall–Kier alpha value is -1.39. The standard InChI is InChI=1S/C18H27N3O/c1-14-11-16(15-3-5-19-6-4-15)13-17(12-14)18(22)21-9-7-20(2)8-10-21/h11-13,15,19H,3-10H2,1-2H3. The van der Waals surface area contributed by atoms with E-state index < -0.39 is 0 Å². The molecule has 2 fully saturated rings. The fourth-order valence-corrected chi connectivity index (χ4v) is 3.52. The molecular formula is C18H27N3O. The quantitative estimate of drug-likeness (QED) is 0.905. The highest BCUT2D eigenvalue weighted by molar-refractivity contribution is 5.94. The third kappa shape index (κ3) is 3.50. The normalized spacial score (nSPS) is 21.1. The summed E-state index contributed by atoms with van der Waals surface area (Å²) in [6.45, 7) is 7.89. The zero-order chi connectivity index (χ0) is 15.5. The molecule has 1 N–H and O–H groups in total. The van der Waals surface area contributed by atoms with Crippen LogP contribution in [0, 0.1) is 6.92 Å². The molecule has 2 saturated heterocycles. The van der Waals surface area contributed by atoms with Gasteiger partial charge in [0.15, 0.2) is 0 Å². The zero-order valence-corrected chi connectivity index (χ0v) is 13.8. The molecule has 3 rings (SSSR count). The summed E-state index contributed by atoms with van der Waals surface area (Å²) in [7, 11) is 2.11. The molecule has 4 nitrogen and oxygen atoms in total. The van der Waals surface area contributed by atoms with E-state index in [4.69, 9.17) is 0 Å². The van der Waals surface area contributed by atoms with Crippen LogP contribution in [0.25, 0.3) is 0 Å². The van der Waals surface area contributed by atoms with Crippen molar-refractivity contribution in [2.75, 3.05) is 46.3 Å². The van der Waals surface area contributed by atoms with Crippen LogP contribution < -0.4 is 5.32 Å². The molecule has 1 aromatic rings. The van der Waals surface area contributed by atoms with Gasteiger partial charge in [-0.05, 0) is 63.5 Å². The highest BCUT2D eigenvalue weighted by Gasteiger charge is 2.22. The molecule has 1 amide bonds. The number of amides is 1. The van der Waals surface area contributed by atoms with Crippen LogP contribution in [0.2, 0.25) is 0 Å². The second-order valence-corrected chi connectivity index (χ2v) is 6.75. The first-order chi connectivity index (χ1) is 10.6. The van der Waals surface area contributed by atoms with Gasteiger partial charge >= 0.3 is 0 Å². The number of piperidine rings is 1. The number of hydrogen-bond donors (Lipinski definition) is 1. The van der Waals surface area contributed by atoms with Crippen molar-refractivity contribution in [3.8, 4) is 0 Å². The lowest BCUT2D eigenvalue weighted by Gasteiger charge is -2.32. The molecule has 0 radical (unpaired) electrons. The summed E-state index contributed by atoms with van der Waals surface area (Å²) in [6, 6.07) is 6.45. The van der Waals surface area contributed by atoms with Gasteiger partial charge in [0.25, 0.3) is 5.91 Å². The van der Waals surface area contributed by atoms with Gasteiger partial charge < -0.3 is 15.1 Å². The SMILES string of the molecule is Cc1cc(C(=O)N2CCN(C)CC2)cc(C2CCNCC2)c1. The maximum atomic E-state index is 12.8. The number of carbonyl (C=O) groups excluding carboxylic acids is 1. The Morgan fingerprint density at radius 1 is 1.09 bits per heavy atom. The van der Waals surface area contributed by atoms with Crippen LogP contribution in [0.1, 0.15) is 40.2 Å². The van der Waals surface area contributed by atoms with Gasteiger partial charge in [0.2, 0.25) is 0 Å². The van der Waals surface area contributed by atoms with Gasteiger partial charge in [0.1, 0.15) is 0 Å². The van der Waals surface area contributed by atoms with E-state index in [0.717, 1.165) is 44.8 Å². The highest BCUT2D eigenvalue weighted by atomic mass is 16.2. The van der Waals surface area contributed by atoms with E-state index in [0.29, 0.717) is 5.92 Å². The van der Waals surface area contributed by atoms with Crippen molar-refractivity contribution in [1.82, 2.24) is 15.1 Å². The lowest BCUT2D eigenvalue weighted by Crippen LogP contribution is -2.47. The molecular weight excluding hydrogens is 274 g/mol. The van der Waals surface area contributed by atoms with Crippen LogP contribution in [0.15, 0.2) is 18.2 Å². The van der Waals surface area contributed by atoms with Gasteiger partial charge in [-0.2, -0.15) is 0 Å². The maximum absolute atomic E-state index is 12.8.